The zero-order chi connectivity index (χ0) is 21.1. The summed E-state index contributed by atoms with van der Waals surface area (Å²) < 4.78 is 1.74. The average Bonchev–Trinajstić information content (AvgIpc) is 2.78. The smallest absolute Gasteiger partial charge is 0.266 e. The molecule has 1 atom stereocenters. The van der Waals surface area contributed by atoms with E-state index in [1.54, 1.807) is 18.2 Å². The molecule has 5 nitrogen and oxygen atoms in total. The molecule has 2 N–H and O–H groups in total. The molecular weight excluding hydrogens is 394 g/mol. The molecule has 1 unspecified atom stereocenters. The van der Waals surface area contributed by atoms with Crippen LogP contribution in [-0.4, -0.2) is 22.0 Å². The summed E-state index contributed by atoms with van der Waals surface area (Å²) in [5.74, 6) is 0.00530. The van der Waals surface area contributed by atoms with Gasteiger partial charge in [0.25, 0.3) is 11.5 Å². The summed E-state index contributed by atoms with van der Waals surface area (Å²) in [5, 5.41) is 3.44. The number of carbonyl (C=O) groups is 1. The number of benzene rings is 3. The number of hydrogen-bond donors (Lipinski definition) is 2. The lowest BCUT2D eigenvalue weighted by Gasteiger charge is -2.13. The van der Waals surface area contributed by atoms with Crippen molar-refractivity contribution < 1.29 is 4.79 Å². The minimum Gasteiger partial charge on any atom is -0.351 e. The third-order valence-corrected chi connectivity index (χ3v) is 5.40. The maximum Gasteiger partial charge on any atom is 0.266 e. The van der Waals surface area contributed by atoms with Crippen LogP contribution in [0.3, 0.4) is 0 Å². The molecule has 1 aromatic heterocycles. The van der Waals surface area contributed by atoms with Crippen LogP contribution < -0.4 is 10.9 Å². The summed E-state index contributed by atoms with van der Waals surface area (Å²) in [6.45, 7) is 2.59. The first-order chi connectivity index (χ1) is 14.5. The molecule has 1 amide bonds. The number of amides is 1. The van der Waals surface area contributed by atoms with Gasteiger partial charge in [0.15, 0.2) is 4.77 Å². The van der Waals surface area contributed by atoms with E-state index in [2.05, 4.69) is 17.2 Å². The summed E-state index contributed by atoms with van der Waals surface area (Å²) in [4.78, 5) is 28.7. The van der Waals surface area contributed by atoms with Gasteiger partial charge in [-0.25, -0.2) is 0 Å². The second kappa shape index (κ2) is 8.47. The number of aromatic nitrogens is 2. The molecule has 0 aliphatic rings. The Kier molecular flexibility index (Phi) is 5.59. The molecule has 4 aromatic rings. The van der Waals surface area contributed by atoms with Gasteiger partial charge < -0.3 is 10.3 Å². The Balaban J connectivity index is 1.60. The molecule has 0 saturated carbocycles. The number of nitrogens with zero attached hydrogens (tertiary/aromatic N) is 1. The quantitative estimate of drug-likeness (QED) is 0.469. The molecule has 3 aromatic carbocycles. The highest BCUT2D eigenvalue weighted by atomic mass is 32.1. The van der Waals surface area contributed by atoms with Crippen LogP contribution in [-0.2, 0) is 0 Å². The van der Waals surface area contributed by atoms with Gasteiger partial charge in [-0.3, -0.25) is 14.2 Å². The molecule has 0 fully saturated rings. The predicted octanol–water partition coefficient (Wildman–Crippen LogP) is 4.58. The van der Waals surface area contributed by atoms with E-state index in [0.29, 0.717) is 28.7 Å². The zero-order valence-corrected chi connectivity index (χ0v) is 17.3. The van der Waals surface area contributed by atoms with E-state index in [4.69, 9.17) is 12.2 Å². The van der Waals surface area contributed by atoms with E-state index >= 15 is 0 Å². The minimum atomic E-state index is -0.218. The molecule has 0 aliphatic carbocycles. The second-order valence-corrected chi connectivity index (χ2v) is 7.58. The van der Waals surface area contributed by atoms with Gasteiger partial charge in [-0.1, -0.05) is 55.5 Å². The maximum absolute atomic E-state index is 13.0. The fourth-order valence-corrected chi connectivity index (χ4v) is 3.72. The summed E-state index contributed by atoms with van der Waals surface area (Å²) in [6, 6.07) is 24.3. The first-order valence-electron chi connectivity index (χ1n) is 9.72. The highest BCUT2D eigenvalue weighted by Gasteiger charge is 2.13. The number of nitrogens with one attached hydrogen (secondary N) is 2. The molecule has 0 aliphatic heterocycles. The first-order valence-corrected chi connectivity index (χ1v) is 10.1. The van der Waals surface area contributed by atoms with Crippen molar-refractivity contribution in [2.24, 2.45) is 0 Å². The summed E-state index contributed by atoms with van der Waals surface area (Å²) in [7, 11) is 0. The van der Waals surface area contributed by atoms with Gasteiger partial charge in [-0.15, -0.1) is 0 Å². The van der Waals surface area contributed by atoms with Crippen LogP contribution in [0.2, 0.25) is 0 Å². The lowest BCUT2D eigenvalue weighted by atomic mass is 10.0. The largest absolute Gasteiger partial charge is 0.351 e. The van der Waals surface area contributed by atoms with Gasteiger partial charge in [0, 0.05) is 12.1 Å². The highest BCUT2D eigenvalue weighted by Crippen LogP contribution is 2.15. The van der Waals surface area contributed by atoms with Crippen molar-refractivity contribution in [1.82, 2.24) is 14.9 Å². The van der Waals surface area contributed by atoms with Crippen LogP contribution >= 0.6 is 12.2 Å². The summed E-state index contributed by atoms with van der Waals surface area (Å²) >= 11 is 5.40. The third kappa shape index (κ3) is 3.95. The number of rotatable bonds is 5. The monoisotopic (exact) mass is 415 g/mol. The Hall–Kier alpha value is -3.51. The fourth-order valence-electron chi connectivity index (χ4n) is 3.42. The van der Waals surface area contributed by atoms with E-state index in [1.807, 2.05) is 60.7 Å². The van der Waals surface area contributed by atoms with E-state index in [-0.39, 0.29) is 22.2 Å². The average molecular weight is 416 g/mol. The Bertz CT molecular complexity index is 1310. The van der Waals surface area contributed by atoms with Gasteiger partial charge in [-0.05, 0) is 54.0 Å². The number of H-pyrrole nitrogens is 1. The van der Waals surface area contributed by atoms with E-state index in [0.717, 1.165) is 0 Å². The number of para-hydroxylation sites is 1. The second-order valence-electron chi connectivity index (χ2n) is 7.19. The molecule has 6 heteroatoms. The van der Waals surface area contributed by atoms with Gasteiger partial charge in [0.2, 0.25) is 0 Å². The lowest BCUT2D eigenvalue weighted by molar-refractivity contribution is 0.0952. The van der Waals surface area contributed by atoms with Gasteiger partial charge in [0.1, 0.15) is 0 Å². The normalized spacial score (nSPS) is 11.9. The van der Waals surface area contributed by atoms with Crippen molar-refractivity contribution in [2.75, 3.05) is 6.54 Å². The maximum atomic E-state index is 13.0. The van der Waals surface area contributed by atoms with Crippen molar-refractivity contribution in [3.05, 3.63) is 105 Å². The van der Waals surface area contributed by atoms with Crippen LogP contribution in [0.25, 0.3) is 16.6 Å². The SMILES string of the molecule is CC(CNC(=O)c1ccc2c(=O)n(-c3ccccc3)c(=S)[nH]c2c1)c1ccccc1. The summed E-state index contributed by atoms with van der Waals surface area (Å²) in [6.07, 6.45) is 0. The number of carbonyl (C=O) groups excluding carboxylic acids is 1. The van der Waals surface area contributed by atoms with E-state index in [1.165, 1.54) is 10.1 Å². The predicted molar refractivity (Wildman–Crippen MR) is 122 cm³/mol. The van der Waals surface area contributed by atoms with E-state index in [9.17, 15) is 9.59 Å². The van der Waals surface area contributed by atoms with Crippen LogP contribution in [0.4, 0.5) is 0 Å². The van der Waals surface area contributed by atoms with Crippen molar-refractivity contribution in [3.63, 3.8) is 0 Å². The van der Waals surface area contributed by atoms with Crippen LogP contribution in [0.5, 0.6) is 0 Å². The van der Waals surface area contributed by atoms with Crippen LogP contribution in [0.15, 0.2) is 83.7 Å². The van der Waals surface area contributed by atoms with Crippen molar-refractivity contribution >= 4 is 29.0 Å². The zero-order valence-electron chi connectivity index (χ0n) is 16.5. The van der Waals surface area contributed by atoms with Crippen LogP contribution in [0, 0.1) is 4.77 Å². The van der Waals surface area contributed by atoms with Crippen molar-refractivity contribution in [3.8, 4) is 5.69 Å². The van der Waals surface area contributed by atoms with Gasteiger partial charge >= 0.3 is 0 Å². The molecular formula is C24H21N3O2S. The highest BCUT2D eigenvalue weighted by molar-refractivity contribution is 7.71. The molecule has 4 rings (SSSR count). The van der Waals surface area contributed by atoms with Crippen molar-refractivity contribution in [1.29, 1.82) is 0 Å². The molecule has 150 valence electrons. The first kappa shape index (κ1) is 19.8. The standard InChI is InChI=1S/C24H21N3O2S/c1-16(17-8-4-2-5-9-17)15-25-22(28)18-12-13-20-21(14-18)26-24(30)27(23(20)29)19-10-6-3-7-11-19/h2-14,16H,15H2,1H3,(H,25,28)(H,26,30). The Morgan fingerprint density at radius 2 is 1.70 bits per heavy atom. The number of hydrogen-bond acceptors (Lipinski definition) is 3. The molecule has 30 heavy (non-hydrogen) atoms. The van der Waals surface area contributed by atoms with E-state index < -0.39 is 0 Å². The molecule has 1 heterocycles. The molecule has 0 spiro atoms. The van der Waals surface area contributed by atoms with Crippen LogP contribution in [0.1, 0.15) is 28.8 Å². The molecule has 0 radical (unpaired) electrons. The topological polar surface area (TPSA) is 66.9 Å². The van der Waals surface area contributed by atoms with Gasteiger partial charge in [0.05, 0.1) is 16.6 Å². The Morgan fingerprint density at radius 1 is 1.03 bits per heavy atom. The fraction of sp³-hybridized carbons (Fsp3) is 0.125. The third-order valence-electron chi connectivity index (χ3n) is 5.11. The molecule has 0 bridgehead atoms. The Morgan fingerprint density at radius 3 is 2.40 bits per heavy atom. The summed E-state index contributed by atoms with van der Waals surface area (Å²) in [5.41, 5.74) is 2.67. The molecule has 0 saturated heterocycles. The van der Waals surface area contributed by atoms with Crippen molar-refractivity contribution in [2.45, 2.75) is 12.8 Å². The number of aromatic amines is 1. The van der Waals surface area contributed by atoms with Gasteiger partial charge in [-0.2, -0.15) is 0 Å². The minimum absolute atomic E-state index is 0.189. The Labute approximate surface area is 179 Å². The lowest BCUT2D eigenvalue weighted by Crippen LogP contribution is -2.27. The number of fused-ring (bicyclic) bond motifs is 1.